The SMILES string of the molecule is Cc1ccc(C(=O)OCC(=O)NC(C)C(C)C)cc1S(=O)(=O)N1CCOCC1. The van der Waals surface area contributed by atoms with Gasteiger partial charge in [0.15, 0.2) is 6.61 Å². The Bertz CT molecular complexity index is 816. The van der Waals surface area contributed by atoms with Gasteiger partial charge in [0.1, 0.15) is 0 Å². The van der Waals surface area contributed by atoms with Gasteiger partial charge in [-0.15, -0.1) is 0 Å². The standard InChI is InChI=1S/C19H28N2O6S/c1-13(2)15(4)20-18(22)12-27-19(23)16-6-5-14(3)17(11-16)28(24,25)21-7-9-26-10-8-21/h5-6,11,13,15H,7-10,12H2,1-4H3,(H,20,22). The van der Waals surface area contributed by atoms with Crippen molar-refractivity contribution < 1.29 is 27.5 Å². The third kappa shape index (κ3) is 5.52. The maximum atomic E-state index is 12.9. The highest BCUT2D eigenvalue weighted by Crippen LogP contribution is 2.22. The maximum absolute atomic E-state index is 12.9. The molecule has 2 rings (SSSR count). The molecular formula is C19H28N2O6S. The number of ether oxygens (including phenoxy) is 2. The minimum Gasteiger partial charge on any atom is -0.452 e. The second-order valence-electron chi connectivity index (χ2n) is 7.17. The number of carbonyl (C=O) groups is 2. The van der Waals surface area contributed by atoms with Crippen LogP contribution in [0.5, 0.6) is 0 Å². The van der Waals surface area contributed by atoms with Gasteiger partial charge in [-0.05, 0) is 37.5 Å². The van der Waals surface area contributed by atoms with Crippen molar-refractivity contribution in [2.75, 3.05) is 32.9 Å². The van der Waals surface area contributed by atoms with Crippen LogP contribution in [0.4, 0.5) is 0 Å². The van der Waals surface area contributed by atoms with Crippen molar-refractivity contribution in [2.45, 2.75) is 38.6 Å². The van der Waals surface area contributed by atoms with Crippen LogP contribution in [-0.4, -0.2) is 63.6 Å². The zero-order valence-electron chi connectivity index (χ0n) is 16.7. The Hall–Kier alpha value is -1.97. The third-order valence-corrected chi connectivity index (χ3v) is 6.78. The molecule has 28 heavy (non-hydrogen) atoms. The van der Waals surface area contributed by atoms with E-state index >= 15 is 0 Å². The van der Waals surface area contributed by atoms with Crippen LogP contribution >= 0.6 is 0 Å². The van der Waals surface area contributed by atoms with E-state index in [1.165, 1.54) is 16.4 Å². The van der Waals surface area contributed by atoms with Gasteiger partial charge in [0.2, 0.25) is 10.0 Å². The van der Waals surface area contributed by atoms with Crippen LogP contribution in [0.1, 0.15) is 36.7 Å². The lowest BCUT2D eigenvalue weighted by Crippen LogP contribution is -2.40. The second-order valence-corrected chi connectivity index (χ2v) is 9.08. The molecule has 0 radical (unpaired) electrons. The van der Waals surface area contributed by atoms with Crippen LogP contribution in [0.2, 0.25) is 0 Å². The first-order chi connectivity index (χ1) is 13.1. The Morgan fingerprint density at radius 3 is 2.46 bits per heavy atom. The number of aryl methyl sites for hydroxylation is 1. The zero-order chi connectivity index (χ0) is 20.9. The number of rotatable bonds is 7. The molecule has 0 bridgehead atoms. The quantitative estimate of drug-likeness (QED) is 0.678. The lowest BCUT2D eigenvalue weighted by atomic mass is 10.1. The van der Waals surface area contributed by atoms with Gasteiger partial charge < -0.3 is 14.8 Å². The zero-order valence-corrected chi connectivity index (χ0v) is 17.5. The van der Waals surface area contributed by atoms with Crippen LogP contribution in [0.25, 0.3) is 0 Å². The van der Waals surface area contributed by atoms with Crippen LogP contribution in [0.15, 0.2) is 23.1 Å². The third-order valence-electron chi connectivity index (χ3n) is 4.73. The van der Waals surface area contributed by atoms with Crippen molar-refractivity contribution in [3.8, 4) is 0 Å². The molecule has 1 aliphatic rings. The molecule has 1 saturated heterocycles. The minimum atomic E-state index is -3.74. The molecule has 1 atom stereocenters. The predicted molar refractivity (Wildman–Crippen MR) is 103 cm³/mol. The summed E-state index contributed by atoms with van der Waals surface area (Å²) in [6, 6.07) is 4.31. The topological polar surface area (TPSA) is 102 Å². The number of hydrogen-bond acceptors (Lipinski definition) is 6. The molecule has 1 aliphatic heterocycles. The summed E-state index contributed by atoms with van der Waals surface area (Å²) < 4.78 is 37.4. The number of sulfonamides is 1. The molecule has 1 aromatic rings. The first kappa shape index (κ1) is 22.3. The molecule has 0 aromatic heterocycles. The molecule has 1 unspecified atom stereocenters. The lowest BCUT2D eigenvalue weighted by molar-refractivity contribution is -0.125. The number of morpholine rings is 1. The number of nitrogens with one attached hydrogen (secondary N) is 1. The summed E-state index contributed by atoms with van der Waals surface area (Å²) in [7, 11) is -3.74. The van der Waals surface area contributed by atoms with Crippen molar-refractivity contribution in [3.63, 3.8) is 0 Å². The Balaban J connectivity index is 2.09. The smallest absolute Gasteiger partial charge is 0.338 e. The highest BCUT2D eigenvalue weighted by Gasteiger charge is 2.28. The number of nitrogens with zero attached hydrogens (tertiary/aromatic N) is 1. The molecule has 156 valence electrons. The fourth-order valence-corrected chi connectivity index (χ4v) is 4.27. The highest BCUT2D eigenvalue weighted by molar-refractivity contribution is 7.89. The van der Waals surface area contributed by atoms with Crippen LogP contribution in [0.3, 0.4) is 0 Å². The second kappa shape index (κ2) is 9.49. The molecule has 1 heterocycles. The average Bonchev–Trinajstić information content (AvgIpc) is 2.66. The molecule has 1 N–H and O–H groups in total. The van der Waals surface area contributed by atoms with Crippen molar-refractivity contribution in [2.24, 2.45) is 5.92 Å². The largest absolute Gasteiger partial charge is 0.452 e. The van der Waals surface area contributed by atoms with E-state index in [2.05, 4.69) is 5.32 Å². The molecule has 0 aliphatic carbocycles. The Morgan fingerprint density at radius 1 is 1.21 bits per heavy atom. The average molecular weight is 413 g/mol. The molecule has 1 aromatic carbocycles. The number of carbonyl (C=O) groups excluding carboxylic acids is 2. The van der Waals surface area contributed by atoms with E-state index in [0.717, 1.165) is 0 Å². The van der Waals surface area contributed by atoms with Crippen molar-refractivity contribution >= 4 is 21.9 Å². The van der Waals surface area contributed by atoms with Gasteiger partial charge >= 0.3 is 5.97 Å². The van der Waals surface area contributed by atoms with Gasteiger partial charge in [0.05, 0.1) is 23.7 Å². The Labute approximate surface area is 166 Å². The first-order valence-electron chi connectivity index (χ1n) is 9.28. The van der Waals surface area contributed by atoms with E-state index in [0.29, 0.717) is 18.8 Å². The van der Waals surface area contributed by atoms with Crippen LogP contribution in [0, 0.1) is 12.8 Å². The van der Waals surface area contributed by atoms with Gasteiger partial charge in [-0.1, -0.05) is 19.9 Å². The van der Waals surface area contributed by atoms with E-state index in [1.54, 1.807) is 13.0 Å². The number of hydrogen-bond donors (Lipinski definition) is 1. The molecule has 0 spiro atoms. The van der Waals surface area contributed by atoms with Crippen molar-refractivity contribution in [3.05, 3.63) is 29.3 Å². The summed E-state index contributed by atoms with van der Waals surface area (Å²) in [6.45, 7) is 8.27. The molecular weight excluding hydrogens is 384 g/mol. The number of amides is 1. The van der Waals surface area contributed by atoms with Crippen molar-refractivity contribution in [1.29, 1.82) is 0 Å². The molecule has 1 fully saturated rings. The van der Waals surface area contributed by atoms with Gasteiger partial charge in [-0.3, -0.25) is 4.79 Å². The number of benzene rings is 1. The fourth-order valence-electron chi connectivity index (χ4n) is 2.61. The highest BCUT2D eigenvalue weighted by atomic mass is 32.2. The summed E-state index contributed by atoms with van der Waals surface area (Å²) in [5, 5.41) is 2.74. The minimum absolute atomic E-state index is 0.0455. The van der Waals surface area contributed by atoms with Gasteiger partial charge in [-0.2, -0.15) is 4.31 Å². The van der Waals surface area contributed by atoms with E-state index in [-0.39, 0.29) is 35.5 Å². The van der Waals surface area contributed by atoms with E-state index in [9.17, 15) is 18.0 Å². The monoisotopic (exact) mass is 412 g/mol. The normalized spacial score (nSPS) is 16.6. The van der Waals surface area contributed by atoms with Gasteiger partial charge in [-0.25, -0.2) is 13.2 Å². The van der Waals surface area contributed by atoms with Gasteiger partial charge in [0.25, 0.3) is 5.91 Å². The van der Waals surface area contributed by atoms with E-state index in [4.69, 9.17) is 9.47 Å². The van der Waals surface area contributed by atoms with Crippen molar-refractivity contribution in [1.82, 2.24) is 9.62 Å². The Kier molecular flexibility index (Phi) is 7.56. The Morgan fingerprint density at radius 2 is 1.86 bits per heavy atom. The number of esters is 1. The van der Waals surface area contributed by atoms with Crippen LogP contribution < -0.4 is 5.32 Å². The molecule has 9 heteroatoms. The molecule has 1 amide bonds. The van der Waals surface area contributed by atoms with Gasteiger partial charge in [0, 0.05) is 19.1 Å². The summed E-state index contributed by atoms with van der Waals surface area (Å²) in [5.74, 6) is -0.890. The van der Waals surface area contributed by atoms with Crippen LogP contribution in [-0.2, 0) is 24.3 Å². The molecule has 8 nitrogen and oxygen atoms in total. The van der Waals surface area contributed by atoms with E-state index in [1.807, 2.05) is 20.8 Å². The summed E-state index contributed by atoms with van der Waals surface area (Å²) in [5.41, 5.74) is 0.619. The summed E-state index contributed by atoms with van der Waals surface area (Å²) in [4.78, 5) is 24.2. The maximum Gasteiger partial charge on any atom is 0.338 e. The lowest BCUT2D eigenvalue weighted by Gasteiger charge is -2.26. The van der Waals surface area contributed by atoms with E-state index < -0.39 is 28.5 Å². The summed E-state index contributed by atoms with van der Waals surface area (Å²) >= 11 is 0. The summed E-state index contributed by atoms with van der Waals surface area (Å²) in [6.07, 6.45) is 0. The predicted octanol–water partition coefficient (Wildman–Crippen LogP) is 1.33. The fraction of sp³-hybridized carbons (Fsp3) is 0.579. The molecule has 0 saturated carbocycles. The first-order valence-corrected chi connectivity index (χ1v) is 10.7.